The topological polar surface area (TPSA) is 44.8 Å². The molecule has 0 spiro atoms. The monoisotopic (exact) mass is 345 g/mol. The van der Waals surface area contributed by atoms with Gasteiger partial charge in [0.05, 0.1) is 5.92 Å². The Hall–Kier alpha value is -1.59. The average Bonchev–Trinajstić information content (AvgIpc) is 2.88. The predicted molar refractivity (Wildman–Crippen MR) is 99.6 cm³/mol. The molecule has 1 aromatic carbocycles. The number of rotatable bonds is 5. The van der Waals surface area contributed by atoms with Crippen molar-refractivity contribution in [2.45, 2.75) is 39.8 Å². The lowest BCUT2D eigenvalue weighted by Gasteiger charge is -2.34. The largest absolute Gasteiger partial charge is 0.492 e. The van der Waals surface area contributed by atoms with E-state index in [0.717, 1.165) is 71.0 Å². The molecule has 1 atom stereocenters. The smallest absolute Gasteiger partial charge is 0.226 e. The highest BCUT2D eigenvalue weighted by atomic mass is 16.5. The number of hydrogen-bond donors (Lipinski definition) is 1. The molecule has 3 rings (SSSR count). The number of nitrogens with zero attached hydrogens (tertiary/aromatic N) is 2. The lowest BCUT2D eigenvalue weighted by molar-refractivity contribution is -0.137. The molecule has 1 unspecified atom stereocenters. The Morgan fingerprint density at radius 2 is 2.20 bits per heavy atom. The number of likely N-dealkylation sites (tertiary alicyclic amines) is 1. The number of carbonyl (C=O) groups is 1. The second kappa shape index (κ2) is 8.68. The summed E-state index contributed by atoms with van der Waals surface area (Å²) in [6, 6.07) is 6.52. The molecular weight excluding hydrogens is 314 g/mol. The first kappa shape index (κ1) is 18.2. The molecule has 1 saturated heterocycles. The van der Waals surface area contributed by atoms with E-state index in [-0.39, 0.29) is 5.92 Å². The van der Waals surface area contributed by atoms with E-state index in [1.165, 1.54) is 11.1 Å². The average molecular weight is 345 g/mol. The highest BCUT2D eigenvalue weighted by Gasteiger charge is 2.28. The van der Waals surface area contributed by atoms with E-state index < -0.39 is 0 Å². The van der Waals surface area contributed by atoms with Crippen molar-refractivity contribution in [3.8, 4) is 5.75 Å². The van der Waals surface area contributed by atoms with Crippen LogP contribution in [0.5, 0.6) is 5.75 Å². The van der Waals surface area contributed by atoms with Gasteiger partial charge in [-0.1, -0.05) is 6.07 Å². The van der Waals surface area contributed by atoms with Gasteiger partial charge < -0.3 is 15.0 Å². The first-order valence-electron chi connectivity index (χ1n) is 9.67. The van der Waals surface area contributed by atoms with Gasteiger partial charge in [-0.25, -0.2) is 0 Å². The first-order chi connectivity index (χ1) is 12.2. The molecule has 2 heterocycles. The van der Waals surface area contributed by atoms with Crippen molar-refractivity contribution in [3.05, 3.63) is 29.3 Å². The fourth-order valence-electron chi connectivity index (χ4n) is 3.92. The summed E-state index contributed by atoms with van der Waals surface area (Å²) in [6.45, 7) is 11.1. The van der Waals surface area contributed by atoms with E-state index in [1.54, 1.807) is 0 Å². The molecule has 1 N–H and O–H groups in total. The van der Waals surface area contributed by atoms with Crippen LogP contribution in [0.3, 0.4) is 0 Å². The summed E-state index contributed by atoms with van der Waals surface area (Å²) >= 11 is 0. The van der Waals surface area contributed by atoms with Crippen LogP contribution in [-0.4, -0.2) is 55.0 Å². The third-order valence-corrected chi connectivity index (χ3v) is 5.31. The summed E-state index contributed by atoms with van der Waals surface area (Å²) < 4.78 is 5.77. The molecule has 0 aliphatic carbocycles. The van der Waals surface area contributed by atoms with Crippen molar-refractivity contribution in [3.63, 3.8) is 0 Å². The van der Waals surface area contributed by atoms with E-state index in [0.29, 0.717) is 5.91 Å². The van der Waals surface area contributed by atoms with Crippen LogP contribution in [-0.2, 0) is 17.9 Å². The predicted octanol–water partition coefficient (Wildman–Crippen LogP) is 2.25. The molecule has 1 fully saturated rings. The van der Waals surface area contributed by atoms with E-state index in [4.69, 9.17) is 4.74 Å². The number of carbonyl (C=O) groups excluding carboxylic acids is 1. The van der Waals surface area contributed by atoms with Crippen LogP contribution in [0.1, 0.15) is 37.8 Å². The van der Waals surface area contributed by atoms with Gasteiger partial charge in [0.1, 0.15) is 12.4 Å². The van der Waals surface area contributed by atoms with Crippen molar-refractivity contribution in [1.29, 1.82) is 0 Å². The lowest BCUT2D eigenvalue weighted by Crippen LogP contribution is -2.44. The second-order valence-corrected chi connectivity index (χ2v) is 7.05. The number of benzene rings is 1. The maximum atomic E-state index is 12.7. The standard InChI is InChI=1S/C20H31N3O2/c1-3-23(4-2)20(24)17-6-5-10-22(15-17)14-16-7-8-19-18(12-16)13-21-9-11-25-19/h7-8,12,17,21H,3-6,9-11,13-15H2,1-2H3. The van der Waals surface area contributed by atoms with Crippen LogP contribution in [0, 0.1) is 5.92 Å². The maximum absolute atomic E-state index is 12.7. The second-order valence-electron chi connectivity index (χ2n) is 7.05. The van der Waals surface area contributed by atoms with Gasteiger partial charge in [0, 0.05) is 44.8 Å². The highest BCUT2D eigenvalue weighted by molar-refractivity contribution is 5.79. The minimum absolute atomic E-state index is 0.152. The zero-order chi connectivity index (χ0) is 17.6. The van der Waals surface area contributed by atoms with Crippen molar-refractivity contribution >= 4 is 5.91 Å². The van der Waals surface area contributed by atoms with Gasteiger partial charge in [-0.05, 0) is 50.9 Å². The third kappa shape index (κ3) is 4.53. The minimum atomic E-state index is 0.152. The number of ether oxygens (including phenoxy) is 1. The summed E-state index contributed by atoms with van der Waals surface area (Å²) in [5, 5.41) is 3.39. The van der Waals surface area contributed by atoms with Crippen molar-refractivity contribution in [2.75, 3.05) is 39.3 Å². The summed E-state index contributed by atoms with van der Waals surface area (Å²) in [4.78, 5) is 17.1. The van der Waals surface area contributed by atoms with Crippen LogP contribution in [0.25, 0.3) is 0 Å². The molecule has 1 amide bonds. The molecule has 2 aliphatic rings. The number of nitrogens with one attached hydrogen (secondary N) is 1. The Balaban J connectivity index is 1.63. The molecule has 0 bridgehead atoms. The minimum Gasteiger partial charge on any atom is -0.492 e. The lowest BCUT2D eigenvalue weighted by atomic mass is 9.96. The quantitative estimate of drug-likeness (QED) is 0.889. The molecule has 2 aliphatic heterocycles. The molecule has 0 saturated carbocycles. The van der Waals surface area contributed by atoms with Crippen molar-refractivity contribution in [1.82, 2.24) is 15.1 Å². The highest BCUT2D eigenvalue weighted by Crippen LogP contribution is 2.25. The number of fused-ring (bicyclic) bond motifs is 1. The molecule has 0 radical (unpaired) electrons. The van der Waals surface area contributed by atoms with Gasteiger partial charge in [0.25, 0.3) is 0 Å². The van der Waals surface area contributed by atoms with E-state index >= 15 is 0 Å². The van der Waals surface area contributed by atoms with Crippen LogP contribution < -0.4 is 10.1 Å². The number of amides is 1. The van der Waals surface area contributed by atoms with Crippen LogP contribution in [0.2, 0.25) is 0 Å². The van der Waals surface area contributed by atoms with Crippen LogP contribution in [0.15, 0.2) is 18.2 Å². The summed E-state index contributed by atoms with van der Waals surface area (Å²) in [5.74, 6) is 1.48. The van der Waals surface area contributed by atoms with Crippen molar-refractivity contribution < 1.29 is 9.53 Å². The number of hydrogen-bond acceptors (Lipinski definition) is 4. The van der Waals surface area contributed by atoms with E-state index in [1.807, 2.05) is 4.90 Å². The molecular formula is C20H31N3O2. The molecule has 0 aromatic heterocycles. The SMILES string of the molecule is CCN(CC)C(=O)C1CCCN(Cc2ccc3c(c2)CNCCO3)C1. The Kier molecular flexibility index (Phi) is 6.32. The Labute approximate surface area is 151 Å². The van der Waals surface area contributed by atoms with Gasteiger partial charge >= 0.3 is 0 Å². The molecule has 1 aromatic rings. The molecule has 5 heteroatoms. The Morgan fingerprint density at radius 3 is 3.00 bits per heavy atom. The van der Waals surface area contributed by atoms with Gasteiger partial charge in [-0.3, -0.25) is 9.69 Å². The van der Waals surface area contributed by atoms with Gasteiger partial charge in [0.2, 0.25) is 5.91 Å². The van der Waals surface area contributed by atoms with Gasteiger partial charge in [0.15, 0.2) is 0 Å². The normalized spacial score (nSPS) is 21.1. The zero-order valence-electron chi connectivity index (χ0n) is 15.6. The van der Waals surface area contributed by atoms with Crippen molar-refractivity contribution in [2.24, 2.45) is 5.92 Å². The van der Waals surface area contributed by atoms with E-state index in [9.17, 15) is 4.79 Å². The first-order valence-corrected chi connectivity index (χ1v) is 9.67. The van der Waals surface area contributed by atoms with E-state index in [2.05, 4.69) is 42.3 Å². The van der Waals surface area contributed by atoms with Gasteiger partial charge in [-0.2, -0.15) is 0 Å². The van der Waals surface area contributed by atoms with Crippen LogP contribution >= 0.6 is 0 Å². The summed E-state index contributed by atoms with van der Waals surface area (Å²) in [6.07, 6.45) is 2.13. The van der Waals surface area contributed by atoms with Crippen LogP contribution in [0.4, 0.5) is 0 Å². The Bertz CT molecular complexity index is 586. The fraction of sp³-hybridized carbons (Fsp3) is 0.650. The molecule has 138 valence electrons. The third-order valence-electron chi connectivity index (χ3n) is 5.31. The maximum Gasteiger partial charge on any atom is 0.226 e. The molecule has 25 heavy (non-hydrogen) atoms. The Morgan fingerprint density at radius 1 is 1.36 bits per heavy atom. The fourth-order valence-corrected chi connectivity index (χ4v) is 3.92. The summed E-state index contributed by atoms with van der Waals surface area (Å²) in [5.41, 5.74) is 2.55. The summed E-state index contributed by atoms with van der Waals surface area (Å²) in [7, 11) is 0. The zero-order valence-corrected chi connectivity index (χ0v) is 15.6. The number of piperidine rings is 1. The molecule has 5 nitrogen and oxygen atoms in total. The van der Waals surface area contributed by atoms with Gasteiger partial charge in [-0.15, -0.1) is 0 Å².